The van der Waals surface area contributed by atoms with Gasteiger partial charge in [0.05, 0.1) is 16.5 Å². The highest BCUT2D eigenvalue weighted by molar-refractivity contribution is 7.89. The van der Waals surface area contributed by atoms with Crippen molar-refractivity contribution in [3.63, 3.8) is 0 Å². The first-order chi connectivity index (χ1) is 14.2. The summed E-state index contributed by atoms with van der Waals surface area (Å²) in [5.74, 6) is 0.170. The highest BCUT2D eigenvalue weighted by Crippen LogP contribution is 2.31. The predicted molar refractivity (Wildman–Crippen MR) is 119 cm³/mol. The molecule has 3 rings (SSSR count). The van der Waals surface area contributed by atoms with Crippen LogP contribution in [0.1, 0.15) is 30.9 Å². The Hall–Kier alpha value is -2.09. The molecule has 8 heteroatoms. The van der Waals surface area contributed by atoms with Crippen LogP contribution in [0.2, 0.25) is 5.02 Å². The summed E-state index contributed by atoms with van der Waals surface area (Å²) in [7, 11) is -3.67. The molecule has 30 heavy (non-hydrogen) atoms. The van der Waals surface area contributed by atoms with E-state index in [0.29, 0.717) is 25.2 Å². The fraction of sp³-hybridized carbons (Fsp3) is 0.409. The van der Waals surface area contributed by atoms with Crippen LogP contribution in [0, 0.1) is 19.8 Å². The van der Waals surface area contributed by atoms with Crippen molar-refractivity contribution < 1.29 is 17.9 Å². The van der Waals surface area contributed by atoms with E-state index in [1.807, 2.05) is 39.0 Å². The molecule has 1 amide bonds. The van der Waals surface area contributed by atoms with E-state index >= 15 is 0 Å². The number of carbonyl (C=O) groups excluding carboxylic acids is 1. The maximum absolute atomic E-state index is 13.0. The lowest BCUT2D eigenvalue weighted by atomic mass is 9.97. The quantitative estimate of drug-likeness (QED) is 0.707. The molecule has 6 nitrogen and oxygen atoms in total. The molecule has 1 aliphatic heterocycles. The van der Waals surface area contributed by atoms with Gasteiger partial charge in [0.1, 0.15) is 5.75 Å². The zero-order chi connectivity index (χ0) is 21.9. The zero-order valence-electron chi connectivity index (χ0n) is 17.4. The first kappa shape index (κ1) is 22.6. The Balaban J connectivity index is 1.64. The van der Waals surface area contributed by atoms with Gasteiger partial charge >= 0.3 is 0 Å². The maximum atomic E-state index is 13.0. The molecule has 2 aromatic rings. The van der Waals surface area contributed by atoms with Crippen molar-refractivity contribution >= 4 is 33.2 Å². The normalized spacial score (nSPS) is 15.7. The Morgan fingerprint density at radius 3 is 2.47 bits per heavy atom. The Kier molecular flexibility index (Phi) is 7.06. The molecule has 0 bridgehead atoms. The van der Waals surface area contributed by atoms with Gasteiger partial charge in [-0.3, -0.25) is 4.79 Å². The number of benzene rings is 2. The molecule has 0 atom stereocenters. The number of rotatable bonds is 6. The molecule has 0 radical (unpaired) electrons. The second-order valence-corrected chi connectivity index (χ2v) is 9.86. The van der Waals surface area contributed by atoms with E-state index in [0.717, 1.165) is 16.8 Å². The largest absolute Gasteiger partial charge is 0.492 e. The average Bonchev–Trinajstić information content (AvgIpc) is 2.71. The molecule has 1 heterocycles. The minimum atomic E-state index is -3.67. The average molecular weight is 451 g/mol. The maximum Gasteiger partial charge on any atom is 0.243 e. The van der Waals surface area contributed by atoms with Gasteiger partial charge in [-0.15, -0.1) is 0 Å². The van der Waals surface area contributed by atoms with Crippen LogP contribution in [0.15, 0.2) is 41.3 Å². The molecule has 0 unspecified atom stereocenters. The number of carbonyl (C=O) groups is 1. The van der Waals surface area contributed by atoms with E-state index in [1.54, 1.807) is 6.07 Å². The van der Waals surface area contributed by atoms with Crippen molar-refractivity contribution in [2.75, 3.05) is 25.0 Å². The number of sulfonamides is 1. The van der Waals surface area contributed by atoms with Gasteiger partial charge in [0.25, 0.3) is 0 Å². The van der Waals surface area contributed by atoms with E-state index in [2.05, 4.69) is 5.32 Å². The van der Waals surface area contributed by atoms with Crippen molar-refractivity contribution in [1.82, 2.24) is 4.31 Å². The van der Waals surface area contributed by atoms with Crippen molar-refractivity contribution in [2.24, 2.45) is 5.92 Å². The number of nitrogens with zero attached hydrogens (tertiary/aromatic N) is 1. The molecule has 1 saturated heterocycles. The van der Waals surface area contributed by atoms with Crippen molar-refractivity contribution in [3.8, 4) is 5.75 Å². The van der Waals surface area contributed by atoms with Crippen molar-refractivity contribution in [3.05, 3.63) is 52.5 Å². The summed E-state index contributed by atoms with van der Waals surface area (Å²) >= 11 is 6.16. The van der Waals surface area contributed by atoms with E-state index < -0.39 is 10.0 Å². The Bertz CT molecular complexity index is 1030. The summed E-state index contributed by atoms with van der Waals surface area (Å²) in [6.45, 7) is 6.83. The minimum absolute atomic E-state index is 0.0666. The number of ether oxygens (including phenoxy) is 1. The van der Waals surface area contributed by atoms with Crippen molar-refractivity contribution in [1.29, 1.82) is 0 Å². The fourth-order valence-electron chi connectivity index (χ4n) is 3.61. The van der Waals surface area contributed by atoms with Crippen LogP contribution in [-0.2, 0) is 14.8 Å². The highest BCUT2D eigenvalue weighted by atomic mass is 35.5. The van der Waals surface area contributed by atoms with Crippen LogP contribution in [0.3, 0.4) is 0 Å². The number of amides is 1. The summed E-state index contributed by atoms with van der Waals surface area (Å²) in [6, 6.07) is 10.4. The molecule has 2 aromatic carbocycles. The highest BCUT2D eigenvalue weighted by Gasteiger charge is 2.32. The molecule has 1 fully saturated rings. The summed E-state index contributed by atoms with van der Waals surface area (Å²) in [5, 5.41) is 3.24. The van der Waals surface area contributed by atoms with Gasteiger partial charge in [0.2, 0.25) is 15.9 Å². The zero-order valence-corrected chi connectivity index (χ0v) is 19.0. The molecule has 1 N–H and O–H groups in total. The molecule has 162 valence electrons. The molecular weight excluding hydrogens is 424 g/mol. The molecule has 0 aliphatic carbocycles. The van der Waals surface area contributed by atoms with Crippen LogP contribution in [0.5, 0.6) is 5.75 Å². The summed E-state index contributed by atoms with van der Waals surface area (Å²) in [4.78, 5) is 12.8. The number of piperidine rings is 1. The van der Waals surface area contributed by atoms with Gasteiger partial charge in [-0.05, 0) is 63.4 Å². The Morgan fingerprint density at radius 2 is 1.87 bits per heavy atom. The molecule has 0 spiro atoms. The second-order valence-electron chi connectivity index (χ2n) is 7.51. The number of hydrogen-bond donors (Lipinski definition) is 1. The molecule has 1 aliphatic rings. The number of hydrogen-bond acceptors (Lipinski definition) is 4. The van der Waals surface area contributed by atoms with E-state index in [-0.39, 0.29) is 34.8 Å². The first-order valence-electron chi connectivity index (χ1n) is 10.0. The third-order valence-electron chi connectivity index (χ3n) is 5.31. The minimum Gasteiger partial charge on any atom is -0.492 e. The molecule has 0 aromatic heterocycles. The summed E-state index contributed by atoms with van der Waals surface area (Å²) in [6.07, 6.45) is 0.946. The van der Waals surface area contributed by atoms with Gasteiger partial charge < -0.3 is 10.1 Å². The number of nitrogens with one attached hydrogen (secondary N) is 1. The lowest BCUT2D eigenvalue weighted by Gasteiger charge is -2.30. The number of aryl methyl sites for hydroxylation is 2. The molecular formula is C22H27ClN2O4S. The smallest absolute Gasteiger partial charge is 0.243 e. The lowest BCUT2D eigenvalue weighted by molar-refractivity contribution is -0.120. The predicted octanol–water partition coefficient (Wildman–Crippen LogP) is 4.39. The topological polar surface area (TPSA) is 75.7 Å². The lowest BCUT2D eigenvalue weighted by Crippen LogP contribution is -2.41. The third kappa shape index (κ3) is 4.96. The van der Waals surface area contributed by atoms with Crippen LogP contribution >= 0.6 is 11.6 Å². The number of halogens is 1. The standard InChI is InChI=1S/C22H27ClN2O4S/c1-4-29-21-8-6-18(14-19(21)23)30(27,28)25-11-9-17(10-12-25)22(26)24-20-7-5-15(2)13-16(20)3/h5-8,13-14,17H,4,9-12H2,1-3H3,(H,24,26). The van der Waals surface area contributed by atoms with E-state index in [4.69, 9.17) is 16.3 Å². The van der Waals surface area contributed by atoms with Crippen LogP contribution in [0.25, 0.3) is 0 Å². The summed E-state index contributed by atoms with van der Waals surface area (Å²) in [5.41, 5.74) is 2.94. The van der Waals surface area contributed by atoms with Gasteiger partial charge in [-0.25, -0.2) is 8.42 Å². The first-order valence-corrected chi connectivity index (χ1v) is 11.8. The van der Waals surface area contributed by atoms with E-state index in [1.165, 1.54) is 16.4 Å². The van der Waals surface area contributed by atoms with Crippen LogP contribution in [0.4, 0.5) is 5.69 Å². The number of anilines is 1. The van der Waals surface area contributed by atoms with Gasteiger partial charge in [0, 0.05) is 24.7 Å². The SMILES string of the molecule is CCOc1ccc(S(=O)(=O)N2CCC(C(=O)Nc3ccc(C)cc3C)CC2)cc1Cl. The van der Waals surface area contributed by atoms with Gasteiger partial charge in [-0.2, -0.15) is 4.31 Å². The van der Waals surface area contributed by atoms with Crippen LogP contribution < -0.4 is 10.1 Å². The van der Waals surface area contributed by atoms with Gasteiger partial charge in [0.15, 0.2) is 0 Å². The monoisotopic (exact) mass is 450 g/mol. The third-order valence-corrected chi connectivity index (χ3v) is 7.50. The Morgan fingerprint density at radius 1 is 1.17 bits per heavy atom. The fourth-order valence-corrected chi connectivity index (χ4v) is 5.41. The summed E-state index contributed by atoms with van der Waals surface area (Å²) < 4.78 is 32.7. The Labute approximate surface area is 183 Å². The molecule has 0 saturated carbocycles. The van der Waals surface area contributed by atoms with Crippen LogP contribution in [-0.4, -0.2) is 38.3 Å². The van der Waals surface area contributed by atoms with Gasteiger partial charge in [-0.1, -0.05) is 29.3 Å². The van der Waals surface area contributed by atoms with Crippen molar-refractivity contribution in [2.45, 2.75) is 38.5 Å². The second kappa shape index (κ2) is 9.37. The van der Waals surface area contributed by atoms with E-state index in [9.17, 15) is 13.2 Å².